The SMILES string of the molecule is CC(NC(=O)C(c1cccnc1)N(C(=O)C(Br)Br)c1ccc(-c2ccccc2)cc1)c1ccccc1. The first-order valence-electron chi connectivity index (χ1n) is 11.5. The molecule has 0 aliphatic heterocycles. The summed E-state index contributed by atoms with van der Waals surface area (Å²) < 4.78 is -0.683. The lowest BCUT2D eigenvalue weighted by Crippen LogP contribution is -2.46. The number of rotatable bonds is 8. The van der Waals surface area contributed by atoms with E-state index in [9.17, 15) is 9.59 Å². The van der Waals surface area contributed by atoms with Crippen molar-refractivity contribution < 1.29 is 9.59 Å². The van der Waals surface area contributed by atoms with E-state index in [-0.39, 0.29) is 17.9 Å². The lowest BCUT2D eigenvalue weighted by Gasteiger charge is -2.33. The van der Waals surface area contributed by atoms with Crippen molar-refractivity contribution >= 4 is 49.4 Å². The molecular weight excluding hydrogens is 582 g/mol. The van der Waals surface area contributed by atoms with Gasteiger partial charge in [0.2, 0.25) is 5.91 Å². The fourth-order valence-corrected chi connectivity index (χ4v) is 4.47. The van der Waals surface area contributed by atoms with E-state index in [1.165, 1.54) is 4.90 Å². The lowest BCUT2D eigenvalue weighted by atomic mass is 10.0. The lowest BCUT2D eigenvalue weighted by molar-refractivity contribution is -0.126. The van der Waals surface area contributed by atoms with E-state index in [0.29, 0.717) is 11.3 Å². The minimum Gasteiger partial charge on any atom is -0.347 e. The molecule has 3 aromatic carbocycles. The van der Waals surface area contributed by atoms with E-state index >= 15 is 0 Å². The van der Waals surface area contributed by atoms with Crippen LogP contribution in [-0.2, 0) is 9.59 Å². The molecule has 1 aromatic heterocycles. The Morgan fingerprint density at radius 1 is 0.778 bits per heavy atom. The van der Waals surface area contributed by atoms with Crippen LogP contribution in [-0.4, -0.2) is 20.5 Å². The van der Waals surface area contributed by atoms with E-state index in [2.05, 4.69) is 42.2 Å². The highest BCUT2D eigenvalue weighted by Crippen LogP contribution is 2.33. The van der Waals surface area contributed by atoms with Gasteiger partial charge in [0.1, 0.15) is 9.78 Å². The molecule has 0 bridgehead atoms. The standard InChI is InChI=1S/C29H25Br2N3O2/c1-20(21-9-4-2-5-10-21)33-28(35)26(24-13-8-18-32-19-24)34(29(36)27(30)31)25-16-14-23(15-17-25)22-11-6-3-7-12-22/h2-20,26-27H,1H3,(H,33,35). The Balaban J connectivity index is 1.74. The van der Waals surface area contributed by atoms with E-state index < -0.39 is 9.78 Å². The van der Waals surface area contributed by atoms with Gasteiger partial charge in [-0.2, -0.15) is 0 Å². The number of hydrogen-bond donors (Lipinski definition) is 1. The summed E-state index contributed by atoms with van der Waals surface area (Å²) in [6.45, 7) is 1.92. The van der Waals surface area contributed by atoms with Crippen molar-refractivity contribution in [3.05, 3.63) is 121 Å². The highest BCUT2D eigenvalue weighted by atomic mass is 79.9. The fourth-order valence-electron chi connectivity index (χ4n) is 4.03. The highest BCUT2D eigenvalue weighted by Gasteiger charge is 2.35. The molecule has 0 fully saturated rings. The van der Waals surface area contributed by atoms with Gasteiger partial charge in [-0.25, -0.2) is 0 Å². The van der Waals surface area contributed by atoms with Gasteiger partial charge in [-0.1, -0.05) is 111 Å². The topological polar surface area (TPSA) is 62.3 Å². The van der Waals surface area contributed by atoms with Crippen LogP contribution in [0.25, 0.3) is 11.1 Å². The smallest absolute Gasteiger partial charge is 0.252 e. The van der Waals surface area contributed by atoms with Gasteiger partial charge in [0.15, 0.2) is 0 Å². The van der Waals surface area contributed by atoms with E-state index in [1.54, 1.807) is 24.5 Å². The molecule has 4 aromatic rings. The largest absolute Gasteiger partial charge is 0.347 e. The Morgan fingerprint density at radius 3 is 1.94 bits per heavy atom. The molecule has 2 amide bonds. The Kier molecular flexibility index (Phi) is 8.67. The second-order valence-electron chi connectivity index (χ2n) is 8.25. The molecule has 7 heteroatoms. The summed E-state index contributed by atoms with van der Waals surface area (Å²) in [5.41, 5.74) is 4.26. The first-order valence-corrected chi connectivity index (χ1v) is 13.3. The summed E-state index contributed by atoms with van der Waals surface area (Å²) in [6.07, 6.45) is 3.26. The molecule has 2 atom stereocenters. The molecule has 0 spiro atoms. The van der Waals surface area contributed by atoms with E-state index in [0.717, 1.165) is 16.7 Å². The predicted octanol–water partition coefficient (Wildman–Crippen LogP) is 6.82. The average Bonchev–Trinajstić information content (AvgIpc) is 2.92. The van der Waals surface area contributed by atoms with Crippen LogP contribution >= 0.6 is 31.9 Å². The third-order valence-corrected chi connectivity index (χ3v) is 6.63. The van der Waals surface area contributed by atoms with Crippen molar-refractivity contribution in [2.45, 2.75) is 22.7 Å². The quantitative estimate of drug-likeness (QED) is 0.224. The molecule has 2 unspecified atom stereocenters. The Labute approximate surface area is 227 Å². The third kappa shape index (κ3) is 6.09. The molecule has 0 aliphatic rings. The van der Waals surface area contributed by atoms with Gasteiger partial charge in [0.05, 0.1) is 6.04 Å². The number of nitrogens with zero attached hydrogens (tertiary/aromatic N) is 2. The van der Waals surface area contributed by atoms with Gasteiger partial charge in [-0.05, 0) is 41.8 Å². The number of hydrogen-bond acceptors (Lipinski definition) is 3. The number of aromatic nitrogens is 1. The van der Waals surface area contributed by atoms with E-state index in [1.807, 2.05) is 91.9 Å². The Morgan fingerprint density at radius 2 is 1.36 bits per heavy atom. The second kappa shape index (κ2) is 12.1. The fraction of sp³-hybridized carbons (Fsp3) is 0.138. The zero-order valence-electron chi connectivity index (χ0n) is 19.6. The zero-order valence-corrected chi connectivity index (χ0v) is 22.8. The molecular formula is C29H25Br2N3O2. The second-order valence-corrected chi connectivity index (χ2v) is 11.3. The van der Waals surface area contributed by atoms with Gasteiger partial charge in [-0.15, -0.1) is 0 Å². The minimum atomic E-state index is -0.933. The van der Waals surface area contributed by atoms with Gasteiger partial charge < -0.3 is 5.32 Å². The minimum absolute atomic E-state index is 0.251. The normalized spacial score (nSPS) is 12.6. The summed E-state index contributed by atoms with van der Waals surface area (Å²) in [7, 11) is 0. The number of amides is 2. The van der Waals surface area contributed by atoms with Gasteiger partial charge in [0, 0.05) is 23.6 Å². The summed E-state index contributed by atoms with van der Waals surface area (Å²) in [4.78, 5) is 33.0. The number of anilines is 1. The van der Waals surface area contributed by atoms with Gasteiger partial charge in [-0.3, -0.25) is 19.5 Å². The number of pyridine rings is 1. The van der Waals surface area contributed by atoms with Crippen molar-refractivity contribution in [1.29, 1.82) is 0 Å². The van der Waals surface area contributed by atoms with Crippen LogP contribution < -0.4 is 10.2 Å². The number of alkyl halides is 2. The maximum atomic E-state index is 13.8. The van der Waals surface area contributed by atoms with Crippen molar-refractivity contribution in [3.8, 4) is 11.1 Å². The van der Waals surface area contributed by atoms with Crippen LogP contribution in [0.3, 0.4) is 0 Å². The summed E-state index contributed by atoms with van der Waals surface area (Å²) in [5, 5.41) is 3.08. The van der Waals surface area contributed by atoms with Crippen LogP contribution in [0.1, 0.15) is 30.1 Å². The Hall–Kier alpha value is -3.29. The van der Waals surface area contributed by atoms with Gasteiger partial charge >= 0.3 is 0 Å². The summed E-state index contributed by atoms with van der Waals surface area (Å²) in [5.74, 6) is -0.612. The third-order valence-electron chi connectivity index (χ3n) is 5.84. The summed E-state index contributed by atoms with van der Waals surface area (Å²) in [6, 6.07) is 29.7. The molecule has 36 heavy (non-hydrogen) atoms. The van der Waals surface area contributed by atoms with Crippen molar-refractivity contribution in [3.63, 3.8) is 0 Å². The van der Waals surface area contributed by atoms with Crippen LogP contribution in [0.4, 0.5) is 5.69 Å². The van der Waals surface area contributed by atoms with Crippen LogP contribution in [0.5, 0.6) is 0 Å². The van der Waals surface area contributed by atoms with E-state index in [4.69, 9.17) is 0 Å². The van der Waals surface area contributed by atoms with Crippen molar-refractivity contribution in [2.24, 2.45) is 0 Å². The van der Waals surface area contributed by atoms with Crippen LogP contribution in [0.15, 0.2) is 109 Å². The number of benzene rings is 3. The Bertz CT molecular complexity index is 1280. The highest BCUT2D eigenvalue weighted by molar-refractivity contribution is 9.25. The predicted molar refractivity (Wildman–Crippen MR) is 151 cm³/mol. The number of halogens is 2. The summed E-state index contributed by atoms with van der Waals surface area (Å²) >= 11 is 6.69. The maximum absolute atomic E-state index is 13.8. The molecule has 5 nitrogen and oxygen atoms in total. The molecule has 0 aliphatic carbocycles. The molecule has 0 saturated heterocycles. The van der Waals surface area contributed by atoms with Crippen molar-refractivity contribution in [1.82, 2.24) is 10.3 Å². The zero-order chi connectivity index (χ0) is 25.5. The molecule has 0 saturated carbocycles. The van der Waals surface area contributed by atoms with Crippen molar-refractivity contribution in [2.75, 3.05) is 4.90 Å². The van der Waals surface area contributed by atoms with Crippen LogP contribution in [0, 0.1) is 0 Å². The molecule has 0 radical (unpaired) electrons. The maximum Gasteiger partial charge on any atom is 0.252 e. The first-order chi connectivity index (χ1) is 17.5. The number of carbonyl (C=O) groups is 2. The molecule has 1 N–H and O–H groups in total. The molecule has 182 valence electrons. The van der Waals surface area contributed by atoms with Gasteiger partial charge in [0.25, 0.3) is 5.91 Å². The molecule has 4 rings (SSSR count). The molecule has 1 heterocycles. The first kappa shape index (κ1) is 25.8. The average molecular weight is 607 g/mol. The number of carbonyl (C=O) groups excluding carboxylic acids is 2. The number of nitrogens with one attached hydrogen (secondary N) is 1. The monoisotopic (exact) mass is 605 g/mol. The van der Waals surface area contributed by atoms with Crippen LogP contribution in [0.2, 0.25) is 0 Å².